The number of anilines is 1. The SMILES string of the molecule is O=C(CCOc1ccccc1Cl)Nc1ccccc1Cc1ccccc1. The first kappa shape index (κ1) is 18.0. The molecule has 0 aliphatic rings. The number of hydrogen-bond donors (Lipinski definition) is 1. The van der Waals surface area contributed by atoms with Gasteiger partial charge in [-0.1, -0.05) is 72.3 Å². The summed E-state index contributed by atoms with van der Waals surface area (Å²) in [6, 6.07) is 25.3. The lowest BCUT2D eigenvalue weighted by Crippen LogP contribution is -2.16. The molecular formula is C22H20ClNO2. The van der Waals surface area contributed by atoms with E-state index in [0.29, 0.717) is 10.8 Å². The van der Waals surface area contributed by atoms with Crippen molar-refractivity contribution in [2.45, 2.75) is 12.8 Å². The third-order valence-electron chi connectivity index (χ3n) is 3.95. The zero-order chi connectivity index (χ0) is 18.2. The lowest BCUT2D eigenvalue weighted by molar-refractivity contribution is -0.116. The van der Waals surface area contributed by atoms with Gasteiger partial charge in [-0.15, -0.1) is 0 Å². The van der Waals surface area contributed by atoms with Crippen LogP contribution >= 0.6 is 11.6 Å². The predicted molar refractivity (Wildman–Crippen MR) is 106 cm³/mol. The van der Waals surface area contributed by atoms with Crippen molar-refractivity contribution in [1.82, 2.24) is 0 Å². The van der Waals surface area contributed by atoms with Crippen molar-refractivity contribution >= 4 is 23.2 Å². The highest BCUT2D eigenvalue weighted by Crippen LogP contribution is 2.23. The largest absolute Gasteiger partial charge is 0.491 e. The van der Waals surface area contributed by atoms with Crippen LogP contribution in [0.5, 0.6) is 5.75 Å². The molecule has 4 heteroatoms. The number of rotatable bonds is 7. The molecule has 3 nitrogen and oxygen atoms in total. The van der Waals surface area contributed by atoms with Crippen LogP contribution in [-0.4, -0.2) is 12.5 Å². The molecule has 0 saturated carbocycles. The van der Waals surface area contributed by atoms with Crippen LogP contribution < -0.4 is 10.1 Å². The van der Waals surface area contributed by atoms with Gasteiger partial charge in [0, 0.05) is 5.69 Å². The quantitative estimate of drug-likeness (QED) is 0.613. The first-order chi connectivity index (χ1) is 12.7. The first-order valence-electron chi connectivity index (χ1n) is 8.51. The van der Waals surface area contributed by atoms with Crippen LogP contribution in [0.15, 0.2) is 78.9 Å². The third-order valence-corrected chi connectivity index (χ3v) is 4.26. The summed E-state index contributed by atoms with van der Waals surface area (Å²) in [6.07, 6.45) is 1.03. The van der Waals surface area contributed by atoms with Gasteiger partial charge in [0.15, 0.2) is 0 Å². The Balaban J connectivity index is 1.57. The molecule has 0 unspecified atom stereocenters. The second-order valence-electron chi connectivity index (χ2n) is 5.90. The molecule has 3 aromatic carbocycles. The maximum absolute atomic E-state index is 12.3. The van der Waals surface area contributed by atoms with Gasteiger partial charge in [-0.2, -0.15) is 0 Å². The monoisotopic (exact) mass is 365 g/mol. The standard InChI is InChI=1S/C22H20ClNO2/c23-19-11-5-7-13-21(19)26-15-14-22(25)24-20-12-6-4-10-18(20)16-17-8-2-1-3-9-17/h1-13H,14-16H2,(H,24,25). The zero-order valence-corrected chi connectivity index (χ0v) is 15.1. The topological polar surface area (TPSA) is 38.3 Å². The molecule has 1 amide bonds. The van der Waals surface area contributed by atoms with E-state index in [4.69, 9.17) is 16.3 Å². The van der Waals surface area contributed by atoms with E-state index in [2.05, 4.69) is 17.4 Å². The van der Waals surface area contributed by atoms with Crippen LogP contribution in [0.1, 0.15) is 17.5 Å². The molecule has 3 aromatic rings. The van der Waals surface area contributed by atoms with E-state index in [0.717, 1.165) is 17.7 Å². The van der Waals surface area contributed by atoms with Gasteiger partial charge in [0.25, 0.3) is 0 Å². The van der Waals surface area contributed by atoms with Gasteiger partial charge in [0.05, 0.1) is 18.1 Å². The molecule has 0 atom stereocenters. The van der Waals surface area contributed by atoms with Gasteiger partial charge in [0.2, 0.25) is 5.91 Å². The lowest BCUT2D eigenvalue weighted by Gasteiger charge is -2.12. The average Bonchev–Trinajstić information content (AvgIpc) is 2.66. The summed E-state index contributed by atoms with van der Waals surface area (Å²) in [7, 11) is 0. The number of amides is 1. The Labute approximate surface area is 158 Å². The summed E-state index contributed by atoms with van der Waals surface area (Å²) in [5.74, 6) is 0.504. The van der Waals surface area contributed by atoms with Crippen LogP contribution in [0.2, 0.25) is 5.02 Å². The Morgan fingerprint density at radius 3 is 2.38 bits per heavy atom. The summed E-state index contributed by atoms with van der Waals surface area (Å²) in [5, 5.41) is 3.52. The molecule has 0 aliphatic heterocycles. The van der Waals surface area contributed by atoms with Crippen molar-refractivity contribution in [2.24, 2.45) is 0 Å². The highest BCUT2D eigenvalue weighted by molar-refractivity contribution is 6.32. The molecule has 0 fully saturated rings. The predicted octanol–water partition coefficient (Wildman–Crippen LogP) is 5.34. The smallest absolute Gasteiger partial charge is 0.227 e. The van der Waals surface area contributed by atoms with Crippen molar-refractivity contribution in [3.05, 3.63) is 95.0 Å². The second kappa shape index (κ2) is 9.07. The van der Waals surface area contributed by atoms with E-state index in [1.165, 1.54) is 5.56 Å². The Morgan fingerprint density at radius 2 is 1.58 bits per heavy atom. The minimum absolute atomic E-state index is 0.0856. The maximum Gasteiger partial charge on any atom is 0.227 e. The van der Waals surface area contributed by atoms with Gasteiger partial charge >= 0.3 is 0 Å². The minimum Gasteiger partial charge on any atom is -0.491 e. The molecule has 0 saturated heterocycles. The number of ether oxygens (including phenoxy) is 1. The Hall–Kier alpha value is -2.78. The van der Waals surface area contributed by atoms with Crippen LogP contribution in [0.25, 0.3) is 0 Å². The van der Waals surface area contributed by atoms with E-state index in [1.54, 1.807) is 12.1 Å². The van der Waals surface area contributed by atoms with Crippen LogP contribution in [-0.2, 0) is 11.2 Å². The van der Waals surface area contributed by atoms with Crippen molar-refractivity contribution in [3.63, 3.8) is 0 Å². The van der Waals surface area contributed by atoms with E-state index in [1.807, 2.05) is 54.6 Å². The number of benzene rings is 3. The van der Waals surface area contributed by atoms with Gasteiger partial charge in [-0.3, -0.25) is 4.79 Å². The van der Waals surface area contributed by atoms with Crippen LogP contribution in [0.4, 0.5) is 5.69 Å². The summed E-state index contributed by atoms with van der Waals surface area (Å²) in [6.45, 7) is 0.274. The van der Waals surface area contributed by atoms with Gasteiger partial charge < -0.3 is 10.1 Å². The molecule has 0 spiro atoms. The molecule has 0 radical (unpaired) electrons. The van der Waals surface area contributed by atoms with E-state index in [9.17, 15) is 4.79 Å². The fourth-order valence-corrected chi connectivity index (χ4v) is 2.83. The molecular weight excluding hydrogens is 346 g/mol. The highest BCUT2D eigenvalue weighted by Gasteiger charge is 2.08. The fraction of sp³-hybridized carbons (Fsp3) is 0.136. The van der Waals surface area contributed by atoms with E-state index in [-0.39, 0.29) is 18.9 Å². The number of carbonyl (C=O) groups is 1. The minimum atomic E-state index is -0.0856. The number of halogens is 1. The molecule has 0 heterocycles. The number of para-hydroxylation sites is 2. The van der Waals surface area contributed by atoms with Gasteiger partial charge in [-0.05, 0) is 35.7 Å². The van der Waals surface area contributed by atoms with Crippen molar-refractivity contribution in [1.29, 1.82) is 0 Å². The second-order valence-corrected chi connectivity index (χ2v) is 6.30. The number of hydrogen-bond acceptors (Lipinski definition) is 2. The van der Waals surface area contributed by atoms with Crippen LogP contribution in [0, 0.1) is 0 Å². The Morgan fingerprint density at radius 1 is 0.885 bits per heavy atom. The molecule has 0 bridgehead atoms. The van der Waals surface area contributed by atoms with Crippen molar-refractivity contribution in [3.8, 4) is 5.75 Å². The maximum atomic E-state index is 12.3. The number of nitrogens with one attached hydrogen (secondary N) is 1. The molecule has 1 N–H and O–H groups in total. The van der Waals surface area contributed by atoms with Gasteiger partial charge in [-0.25, -0.2) is 0 Å². The molecule has 26 heavy (non-hydrogen) atoms. The highest BCUT2D eigenvalue weighted by atomic mass is 35.5. The Kier molecular flexibility index (Phi) is 6.29. The average molecular weight is 366 g/mol. The van der Waals surface area contributed by atoms with Gasteiger partial charge in [0.1, 0.15) is 5.75 Å². The summed E-state index contributed by atoms with van der Waals surface area (Å²) in [5.41, 5.74) is 3.12. The lowest BCUT2D eigenvalue weighted by atomic mass is 10.0. The summed E-state index contributed by atoms with van der Waals surface area (Å²) >= 11 is 6.04. The summed E-state index contributed by atoms with van der Waals surface area (Å²) in [4.78, 5) is 12.3. The number of carbonyl (C=O) groups excluding carboxylic acids is 1. The molecule has 0 aliphatic carbocycles. The molecule has 132 valence electrons. The van der Waals surface area contributed by atoms with Crippen molar-refractivity contribution < 1.29 is 9.53 Å². The first-order valence-corrected chi connectivity index (χ1v) is 8.89. The normalized spacial score (nSPS) is 10.3. The molecule has 0 aromatic heterocycles. The Bertz CT molecular complexity index is 865. The summed E-state index contributed by atoms with van der Waals surface area (Å²) < 4.78 is 5.58. The molecule has 3 rings (SSSR count). The fourth-order valence-electron chi connectivity index (χ4n) is 2.64. The van der Waals surface area contributed by atoms with Crippen LogP contribution in [0.3, 0.4) is 0 Å². The third kappa shape index (κ3) is 5.11. The van der Waals surface area contributed by atoms with Crippen molar-refractivity contribution in [2.75, 3.05) is 11.9 Å². The van der Waals surface area contributed by atoms with E-state index < -0.39 is 0 Å². The zero-order valence-electron chi connectivity index (χ0n) is 14.3. The van der Waals surface area contributed by atoms with E-state index >= 15 is 0 Å².